The van der Waals surface area contributed by atoms with E-state index in [1.165, 1.54) is 0 Å². The van der Waals surface area contributed by atoms with Crippen LogP contribution >= 0.6 is 0 Å². The first kappa shape index (κ1) is 5.61. The predicted molar refractivity (Wildman–Crippen MR) is 28.8 cm³/mol. The van der Waals surface area contributed by atoms with Crippen molar-refractivity contribution in [1.29, 1.82) is 0 Å². The van der Waals surface area contributed by atoms with E-state index >= 15 is 0 Å². The van der Waals surface area contributed by atoms with Gasteiger partial charge in [0.25, 0.3) is 0 Å². The van der Waals surface area contributed by atoms with E-state index in [2.05, 4.69) is 4.74 Å². The van der Waals surface area contributed by atoms with E-state index in [9.17, 15) is 0 Å². The van der Waals surface area contributed by atoms with Crippen molar-refractivity contribution in [3.63, 3.8) is 0 Å². The number of hydrogen-bond donors (Lipinski definition) is 3. The topological polar surface area (TPSA) is 69.9 Å². The van der Waals surface area contributed by atoms with Crippen LogP contribution < -0.4 is 0 Å². The van der Waals surface area contributed by atoms with E-state index in [-0.39, 0.29) is 6.61 Å². The molecule has 1 aliphatic rings. The molecular weight excluding hydrogens is 124 g/mol. The highest BCUT2D eigenvalue weighted by molar-refractivity contribution is 4.81. The van der Waals surface area contributed by atoms with Crippen LogP contribution in [0.25, 0.3) is 0 Å². The van der Waals surface area contributed by atoms with E-state index < -0.39 is 24.9 Å². The summed E-state index contributed by atoms with van der Waals surface area (Å²) in [5.74, 6) is 0. The zero-order chi connectivity index (χ0) is 7.72. The van der Waals surface area contributed by atoms with Gasteiger partial charge >= 0.3 is 0 Å². The van der Waals surface area contributed by atoms with Crippen molar-refractivity contribution in [2.45, 2.75) is 18.3 Å². The lowest BCUT2D eigenvalue weighted by molar-refractivity contribution is -0.00588. The second kappa shape index (κ2) is 2.62. The normalized spacial score (nSPS) is 53.4. The standard InChI is InChI=1S/C5H10O4/c6-1-4-5(8)3(7)2-9-4/h3-8H,1-2H2/i2D. The zero-order valence-electron chi connectivity index (χ0n) is 5.77. The fourth-order valence-corrected chi connectivity index (χ4v) is 0.713. The molecular formula is C5H10O4. The molecule has 54 valence electrons. The van der Waals surface area contributed by atoms with Crippen LogP contribution in [0.1, 0.15) is 1.37 Å². The van der Waals surface area contributed by atoms with Crippen molar-refractivity contribution in [2.75, 3.05) is 13.2 Å². The largest absolute Gasteiger partial charge is 0.394 e. The summed E-state index contributed by atoms with van der Waals surface area (Å²) in [5, 5.41) is 26.4. The molecule has 0 amide bonds. The van der Waals surface area contributed by atoms with Gasteiger partial charge in [-0.15, -0.1) is 0 Å². The first-order valence-electron chi connectivity index (χ1n) is 3.29. The molecule has 0 aromatic rings. The third-order valence-electron chi connectivity index (χ3n) is 1.30. The van der Waals surface area contributed by atoms with Gasteiger partial charge in [-0.1, -0.05) is 0 Å². The van der Waals surface area contributed by atoms with Gasteiger partial charge in [0.15, 0.2) is 0 Å². The Hall–Kier alpha value is -0.160. The second-order valence-electron chi connectivity index (χ2n) is 1.97. The van der Waals surface area contributed by atoms with Crippen molar-refractivity contribution in [2.24, 2.45) is 0 Å². The van der Waals surface area contributed by atoms with Crippen molar-refractivity contribution in [1.82, 2.24) is 0 Å². The molecule has 1 aliphatic heterocycles. The maximum Gasteiger partial charge on any atom is 0.110 e. The van der Waals surface area contributed by atoms with E-state index in [1.807, 2.05) is 0 Å². The Morgan fingerprint density at radius 2 is 2.33 bits per heavy atom. The van der Waals surface area contributed by atoms with Crippen molar-refractivity contribution in [3.8, 4) is 0 Å². The van der Waals surface area contributed by atoms with E-state index in [0.29, 0.717) is 0 Å². The third-order valence-corrected chi connectivity index (χ3v) is 1.30. The Labute approximate surface area is 54.1 Å². The van der Waals surface area contributed by atoms with Gasteiger partial charge in [-0.05, 0) is 0 Å². The minimum absolute atomic E-state index is 0.367. The smallest absolute Gasteiger partial charge is 0.110 e. The SMILES string of the molecule is [2H]C1OC(CO)C(O)C1O. The summed E-state index contributed by atoms with van der Waals surface area (Å²) in [6.45, 7) is -1.50. The molecule has 1 heterocycles. The van der Waals surface area contributed by atoms with Crippen molar-refractivity contribution in [3.05, 3.63) is 0 Å². The lowest BCUT2D eigenvalue weighted by Crippen LogP contribution is -2.31. The van der Waals surface area contributed by atoms with Crippen LogP contribution in [0.2, 0.25) is 0 Å². The summed E-state index contributed by atoms with van der Waals surface area (Å²) < 4.78 is 11.6. The lowest BCUT2D eigenvalue weighted by Gasteiger charge is -2.10. The number of aliphatic hydroxyl groups is 3. The first-order valence-corrected chi connectivity index (χ1v) is 2.71. The Morgan fingerprint density at radius 1 is 1.67 bits per heavy atom. The quantitative estimate of drug-likeness (QED) is 0.393. The van der Waals surface area contributed by atoms with Gasteiger partial charge in [0.2, 0.25) is 0 Å². The Kier molecular flexibility index (Phi) is 1.63. The maximum absolute atomic E-state index is 8.97. The van der Waals surface area contributed by atoms with Crippen LogP contribution in [-0.4, -0.2) is 46.8 Å². The Balaban J connectivity index is 2.53. The molecule has 0 bridgehead atoms. The minimum atomic E-state index is -1.20. The number of aliphatic hydroxyl groups excluding tert-OH is 3. The number of ether oxygens (including phenoxy) is 1. The highest BCUT2D eigenvalue weighted by Gasteiger charge is 2.33. The molecule has 9 heavy (non-hydrogen) atoms. The molecule has 1 fully saturated rings. The van der Waals surface area contributed by atoms with Crippen LogP contribution in [0.5, 0.6) is 0 Å². The summed E-state index contributed by atoms with van der Waals surface area (Å²) >= 11 is 0. The van der Waals surface area contributed by atoms with Crippen LogP contribution in [0.15, 0.2) is 0 Å². The molecule has 0 radical (unpaired) electrons. The predicted octanol–water partition coefficient (Wildman–Crippen LogP) is -1.90. The fraction of sp³-hybridized carbons (Fsp3) is 1.00. The van der Waals surface area contributed by atoms with E-state index in [1.54, 1.807) is 0 Å². The van der Waals surface area contributed by atoms with Gasteiger partial charge in [0, 0.05) is 0 Å². The van der Waals surface area contributed by atoms with Gasteiger partial charge in [-0.2, -0.15) is 0 Å². The second-order valence-corrected chi connectivity index (χ2v) is 1.97. The minimum Gasteiger partial charge on any atom is -0.394 e. The molecule has 4 atom stereocenters. The molecule has 0 aromatic carbocycles. The third kappa shape index (κ3) is 1.21. The Morgan fingerprint density at radius 3 is 2.56 bits per heavy atom. The van der Waals surface area contributed by atoms with E-state index in [0.717, 1.165) is 0 Å². The van der Waals surface area contributed by atoms with Crippen molar-refractivity contribution >= 4 is 0 Å². The summed E-state index contributed by atoms with van der Waals surface area (Å²) in [5.41, 5.74) is 0. The lowest BCUT2D eigenvalue weighted by atomic mass is 10.2. The first-order chi connectivity index (χ1) is 4.66. The molecule has 4 nitrogen and oxygen atoms in total. The number of hydrogen-bond acceptors (Lipinski definition) is 4. The molecule has 0 aromatic heterocycles. The summed E-state index contributed by atoms with van der Waals surface area (Å²) in [6, 6.07) is 0. The van der Waals surface area contributed by atoms with Gasteiger partial charge in [-0.25, -0.2) is 0 Å². The fourth-order valence-electron chi connectivity index (χ4n) is 0.713. The average molecular weight is 135 g/mol. The van der Waals surface area contributed by atoms with Crippen LogP contribution in [-0.2, 0) is 4.74 Å². The molecule has 4 heteroatoms. The number of rotatable bonds is 1. The monoisotopic (exact) mass is 135 g/mol. The maximum atomic E-state index is 8.97. The highest BCUT2D eigenvalue weighted by Crippen LogP contribution is 2.12. The summed E-state index contributed by atoms with van der Waals surface area (Å²) in [4.78, 5) is 0. The summed E-state index contributed by atoms with van der Waals surface area (Å²) in [7, 11) is 0. The average Bonchev–Trinajstić information content (AvgIpc) is 2.17. The molecule has 0 aliphatic carbocycles. The van der Waals surface area contributed by atoms with Crippen LogP contribution in [0.3, 0.4) is 0 Å². The highest BCUT2D eigenvalue weighted by atomic mass is 16.5. The van der Waals surface area contributed by atoms with Crippen molar-refractivity contribution < 1.29 is 21.4 Å². The van der Waals surface area contributed by atoms with Crippen LogP contribution in [0.4, 0.5) is 0 Å². The van der Waals surface area contributed by atoms with E-state index in [4.69, 9.17) is 16.7 Å². The summed E-state index contributed by atoms with van der Waals surface area (Å²) in [6.07, 6.45) is -3.14. The van der Waals surface area contributed by atoms with Crippen LogP contribution in [0, 0.1) is 0 Å². The van der Waals surface area contributed by atoms with Gasteiger partial charge in [0.05, 0.1) is 14.6 Å². The zero-order valence-corrected chi connectivity index (χ0v) is 4.77. The Bertz CT molecular complexity index is 120. The molecule has 0 saturated carbocycles. The van der Waals surface area contributed by atoms with Gasteiger partial charge in [-0.3, -0.25) is 0 Å². The van der Waals surface area contributed by atoms with Gasteiger partial charge in [0.1, 0.15) is 18.3 Å². The molecule has 4 unspecified atom stereocenters. The molecule has 3 N–H and O–H groups in total. The molecule has 1 saturated heterocycles. The molecule has 0 spiro atoms. The van der Waals surface area contributed by atoms with Gasteiger partial charge < -0.3 is 20.1 Å². The molecule has 1 rings (SSSR count).